The monoisotopic (exact) mass is 451 g/mol. The molecular weight excluding hydrogens is 422 g/mol. The molecule has 1 amide bonds. The Morgan fingerprint density at radius 3 is 2.34 bits per heavy atom. The number of piperazine rings is 1. The molecule has 1 aliphatic heterocycles. The SMILES string of the molecule is Cc1cccc2c(=O)[nH]c(-c3ccc(SN4CCN(C(=O)OC(C)(C)C)CC4)cc3)cc12. The van der Waals surface area contributed by atoms with Crippen LogP contribution in [0, 0.1) is 6.92 Å². The zero-order valence-corrected chi connectivity index (χ0v) is 19.8. The molecule has 0 unspecified atom stereocenters. The van der Waals surface area contributed by atoms with Crippen LogP contribution in [0.15, 0.2) is 58.2 Å². The Morgan fingerprint density at radius 2 is 1.69 bits per heavy atom. The van der Waals surface area contributed by atoms with Crippen LogP contribution in [0.4, 0.5) is 4.79 Å². The Bertz CT molecular complexity index is 1170. The van der Waals surface area contributed by atoms with Gasteiger partial charge in [0.1, 0.15) is 5.60 Å². The van der Waals surface area contributed by atoms with Crippen molar-refractivity contribution >= 4 is 28.8 Å². The Hall–Kier alpha value is -2.77. The predicted molar refractivity (Wildman–Crippen MR) is 130 cm³/mol. The molecule has 0 atom stereocenters. The average molecular weight is 452 g/mol. The van der Waals surface area contributed by atoms with Gasteiger partial charge in [0.05, 0.1) is 0 Å². The van der Waals surface area contributed by atoms with Crippen molar-refractivity contribution in [2.75, 3.05) is 26.2 Å². The molecule has 2 heterocycles. The fraction of sp³-hybridized carbons (Fsp3) is 0.360. The largest absolute Gasteiger partial charge is 0.444 e. The summed E-state index contributed by atoms with van der Waals surface area (Å²) in [6, 6.07) is 16.0. The second kappa shape index (κ2) is 9.00. The number of ether oxygens (including phenoxy) is 1. The zero-order valence-electron chi connectivity index (χ0n) is 19.0. The van der Waals surface area contributed by atoms with E-state index in [2.05, 4.69) is 21.4 Å². The molecule has 0 bridgehead atoms. The summed E-state index contributed by atoms with van der Waals surface area (Å²) in [5.41, 5.74) is 2.35. The number of hydrogen-bond acceptors (Lipinski definition) is 5. The highest BCUT2D eigenvalue weighted by atomic mass is 32.2. The summed E-state index contributed by atoms with van der Waals surface area (Å²) < 4.78 is 7.73. The second-order valence-corrected chi connectivity index (χ2v) is 10.2. The van der Waals surface area contributed by atoms with E-state index in [9.17, 15) is 9.59 Å². The van der Waals surface area contributed by atoms with Crippen molar-refractivity contribution in [3.63, 3.8) is 0 Å². The maximum Gasteiger partial charge on any atom is 0.410 e. The van der Waals surface area contributed by atoms with E-state index in [0.29, 0.717) is 18.5 Å². The lowest BCUT2D eigenvalue weighted by atomic mass is 10.0. The van der Waals surface area contributed by atoms with E-state index in [1.165, 1.54) is 0 Å². The summed E-state index contributed by atoms with van der Waals surface area (Å²) in [5.74, 6) is 0. The van der Waals surface area contributed by atoms with E-state index < -0.39 is 5.60 Å². The van der Waals surface area contributed by atoms with Crippen LogP contribution in [0.25, 0.3) is 22.0 Å². The third-order valence-electron chi connectivity index (χ3n) is 5.40. The van der Waals surface area contributed by atoms with E-state index in [1.807, 2.05) is 64.1 Å². The van der Waals surface area contributed by atoms with E-state index in [-0.39, 0.29) is 11.7 Å². The number of pyridine rings is 1. The van der Waals surface area contributed by atoms with Crippen LogP contribution >= 0.6 is 11.9 Å². The fourth-order valence-electron chi connectivity index (χ4n) is 3.73. The van der Waals surface area contributed by atoms with E-state index in [4.69, 9.17) is 4.74 Å². The number of benzene rings is 2. The van der Waals surface area contributed by atoms with E-state index in [1.54, 1.807) is 16.8 Å². The van der Waals surface area contributed by atoms with Gasteiger partial charge in [0.25, 0.3) is 5.56 Å². The molecular formula is C25H29N3O3S. The van der Waals surface area contributed by atoms with Gasteiger partial charge in [-0.2, -0.15) is 0 Å². The van der Waals surface area contributed by atoms with Crippen LogP contribution in [0.2, 0.25) is 0 Å². The van der Waals surface area contributed by atoms with Gasteiger partial charge < -0.3 is 14.6 Å². The molecule has 0 saturated carbocycles. The van der Waals surface area contributed by atoms with Crippen LogP contribution in [0.3, 0.4) is 0 Å². The summed E-state index contributed by atoms with van der Waals surface area (Å²) in [6.07, 6.45) is -0.244. The Morgan fingerprint density at radius 1 is 1.00 bits per heavy atom. The molecule has 1 aromatic heterocycles. The molecule has 1 aliphatic rings. The summed E-state index contributed by atoms with van der Waals surface area (Å²) in [5, 5.41) is 1.69. The number of aromatic nitrogens is 1. The first kappa shape index (κ1) is 22.4. The minimum Gasteiger partial charge on any atom is -0.444 e. The van der Waals surface area contributed by atoms with E-state index >= 15 is 0 Å². The van der Waals surface area contributed by atoms with Gasteiger partial charge in [-0.25, -0.2) is 9.10 Å². The van der Waals surface area contributed by atoms with Crippen LogP contribution in [-0.4, -0.2) is 52.1 Å². The van der Waals surface area contributed by atoms with Crippen LogP contribution < -0.4 is 5.56 Å². The number of hydrogen-bond donors (Lipinski definition) is 1. The first-order chi connectivity index (χ1) is 15.2. The topological polar surface area (TPSA) is 65.6 Å². The number of carbonyl (C=O) groups is 1. The lowest BCUT2D eigenvalue weighted by Crippen LogP contribution is -2.47. The third kappa shape index (κ3) is 5.16. The maximum absolute atomic E-state index is 12.5. The summed E-state index contributed by atoms with van der Waals surface area (Å²) in [7, 11) is 0. The number of aromatic amines is 1. The van der Waals surface area contributed by atoms with Crippen molar-refractivity contribution in [1.29, 1.82) is 0 Å². The van der Waals surface area contributed by atoms with Gasteiger partial charge in [-0.1, -0.05) is 24.3 Å². The van der Waals surface area contributed by atoms with Crippen LogP contribution in [0.5, 0.6) is 0 Å². The summed E-state index contributed by atoms with van der Waals surface area (Å²) in [6.45, 7) is 10.5. The second-order valence-electron chi connectivity index (χ2n) is 9.06. The van der Waals surface area contributed by atoms with Gasteiger partial charge in [0.15, 0.2) is 0 Å². The highest BCUT2D eigenvalue weighted by Gasteiger charge is 2.26. The maximum atomic E-state index is 12.5. The first-order valence-corrected chi connectivity index (χ1v) is 11.6. The lowest BCUT2D eigenvalue weighted by Gasteiger charge is -2.34. The first-order valence-electron chi connectivity index (χ1n) is 10.8. The third-order valence-corrected chi connectivity index (χ3v) is 6.50. The Labute approximate surface area is 192 Å². The molecule has 1 saturated heterocycles. The van der Waals surface area contributed by atoms with Gasteiger partial charge >= 0.3 is 6.09 Å². The Balaban J connectivity index is 1.40. The predicted octanol–water partition coefficient (Wildman–Crippen LogP) is 5.06. The van der Waals surface area contributed by atoms with Gasteiger partial charge in [-0.15, -0.1) is 0 Å². The lowest BCUT2D eigenvalue weighted by molar-refractivity contribution is 0.0197. The normalized spacial score (nSPS) is 15.2. The van der Waals surface area contributed by atoms with Crippen molar-refractivity contribution in [1.82, 2.24) is 14.2 Å². The standard InChI is InChI=1S/C25H29N3O3S/c1-17-6-5-7-20-21(17)16-22(26-23(20)29)18-8-10-19(11-9-18)32-28-14-12-27(13-15-28)24(30)31-25(2,3)4/h5-11,16H,12-15H2,1-4H3,(H,26,29). The summed E-state index contributed by atoms with van der Waals surface area (Å²) >= 11 is 1.69. The fourth-order valence-corrected chi connectivity index (χ4v) is 4.63. The molecule has 6 nitrogen and oxygen atoms in total. The van der Waals surface area contributed by atoms with Gasteiger partial charge in [0, 0.05) is 42.2 Å². The van der Waals surface area contributed by atoms with Gasteiger partial charge in [0.2, 0.25) is 0 Å². The highest BCUT2D eigenvalue weighted by Crippen LogP contribution is 2.28. The molecule has 1 fully saturated rings. The Kier molecular flexibility index (Phi) is 6.31. The molecule has 168 valence electrons. The van der Waals surface area contributed by atoms with Crippen molar-refractivity contribution < 1.29 is 9.53 Å². The molecule has 0 radical (unpaired) electrons. The van der Waals surface area contributed by atoms with Gasteiger partial charge in [-0.3, -0.25) is 4.79 Å². The van der Waals surface area contributed by atoms with Crippen molar-refractivity contribution in [3.8, 4) is 11.3 Å². The van der Waals surface area contributed by atoms with Crippen LogP contribution in [0.1, 0.15) is 26.3 Å². The van der Waals surface area contributed by atoms with Crippen molar-refractivity contribution in [2.24, 2.45) is 0 Å². The van der Waals surface area contributed by atoms with Crippen LogP contribution in [-0.2, 0) is 4.74 Å². The van der Waals surface area contributed by atoms with Gasteiger partial charge in [-0.05, 0) is 80.4 Å². The molecule has 4 rings (SSSR count). The zero-order chi connectivity index (χ0) is 22.9. The number of rotatable bonds is 3. The van der Waals surface area contributed by atoms with Crippen molar-refractivity contribution in [2.45, 2.75) is 38.2 Å². The molecule has 2 aromatic carbocycles. The van der Waals surface area contributed by atoms with E-state index in [0.717, 1.165) is 40.2 Å². The number of amides is 1. The average Bonchev–Trinajstić information content (AvgIpc) is 2.74. The minimum absolute atomic E-state index is 0.0671. The molecule has 0 aliphatic carbocycles. The number of aryl methyl sites for hydroxylation is 1. The smallest absolute Gasteiger partial charge is 0.410 e. The molecule has 7 heteroatoms. The number of H-pyrrole nitrogens is 1. The summed E-state index contributed by atoms with van der Waals surface area (Å²) in [4.78, 5) is 30.6. The molecule has 3 aromatic rings. The highest BCUT2D eigenvalue weighted by molar-refractivity contribution is 7.97. The molecule has 32 heavy (non-hydrogen) atoms. The quantitative estimate of drug-likeness (QED) is 0.564. The molecule has 1 N–H and O–H groups in total. The number of nitrogens with zero attached hydrogens (tertiary/aromatic N) is 2. The minimum atomic E-state index is -0.473. The number of carbonyl (C=O) groups excluding carboxylic acids is 1. The number of fused-ring (bicyclic) bond motifs is 1. The number of nitrogens with one attached hydrogen (secondary N) is 1. The molecule has 0 spiro atoms. The van der Waals surface area contributed by atoms with Crippen molar-refractivity contribution in [3.05, 3.63) is 64.4 Å².